The summed E-state index contributed by atoms with van der Waals surface area (Å²) in [6.45, 7) is 2.25. The molecule has 0 saturated carbocycles. The Hall–Kier alpha value is -5.23. The maximum Gasteiger partial charge on any atom is 0.270 e. The van der Waals surface area contributed by atoms with Gasteiger partial charge in [0.15, 0.2) is 11.5 Å². The molecule has 12 nitrogen and oxygen atoms in total. The number of methoxy groups -OCH3 is 1. The number of benzene rings is 2. The number of aromatic nitrogens is 2. The summed E-state index contributed by atoms with van der Waals surface area (Å²) in [5.41, 5.74) is 2.38. The number of ether oxygens (including phenoxy) is 3. The van der Waals surface area contributed by atoms with Crippen LogP contribution >= 0.6 is 0 Å². The van der Waals surface area contributed by atoms with Crippen molar-refractivity contribution in [2.45, 2.75) is 44.9 Å². The number of rotatable bonds is 2. The van der Waals surface area contributed by atoms with Crippen LogP contribution in [0.15, 0.2) is 71.7 Å². The number of carbonyl (C=O) groups excluding carboxylic acids is 3. The van der Waals surface area contributed by atoms with Crippen molar-refractivity contribution in [3.05, 3.63) is 99.6 Å². The van der Waals surface area contributed by atoms with Gasteiger partial charge in [-0.2, -0.15) is 0 Å². The van der Waals surface area contributed by atoms with Gasteiger partial charge in [0.1, 0.15) is 17.0 Å². The summed E-state index contributed by atoms with van der Waals surface area (Å²) in [5.74, 6) is 0.689. The molecule has 0 radical (unpaired) electrons. The Morgan fingerprint density at radius 2 is 1.85 bits per heavy atom. The normalized spacial score (nSPS) is 19.2. The first-order valence-electron chi connectivity index (χ1n) is 15.6. The van der Waals surface area contributed by atoms with Gasteiger partial charge in [0, 0.05) is 38.4 Å². The standard InChI is InChI=1S/C35H37N5O7/c1-22-6-4-9-31-36-18-26(35(44)40(22)31)34(43)39-15-14-27-30(19-39)46-21-24-7-5-8-25(16-24)47-28-12-10-23(17-29(28)45-3)11-13-33(42)38(2)20-32(41)37-27/h4-10,12,16-18,27,30H,11,13-15,19-21H2,1-3H3,(H,37,41)/t27-,30-/m0/s1. The van der Waals surface area contributed by atoms with Gasteiger partial charge in [-0.05, 0) is 67.3 Å². The highest BCUT2D eigenvalue weighted by Crippen LogP contribution is 2.33. The molecule has 244 valence electrons. The topological polar surface area (TPSA) is 132 Å². The van der Waals surface area contributed by atoms with E-state index in [-0.39, 0.29) is 50.0 Å². The van der Waals surface area contributed by atoms with E-state index >= 15 is 0 Å². The van der Waals surface area contributed by atoms with Crippen LogP contribution in [0.2, 0.25) is 0 Å². The Morgan fingerprint density at radius 1 is 1.02 bits per heavy atom. The lowest BCUT2D eigenvalue weighted by atomic mass is 10.0. The molecule has 3 aliphatic rings. The minimum absolute atomic E-state index is 0.0382. The van der Waals surface area contributed by atoms with E-state index in [0.29, 0.717) is 41.4 Å². The maximum absolute atomic E-state index is 13.7. The zero-order chi connectivity index (χ0) is 33.1. The number of pyridine rings is 1. The number of nitrogens with zero attached hydrogens (tertiary/aromatic N) is 4. The SMILES string of the molecule is COc1cc2ccc1Oc1cccc(c1)CO[C@H]1CN(C(=O)c3cnc4cccc(C)n4c3=O)CC[C@@H]1NC(=O)CN(C)C(=O)CC2. The minimum atomic E-state index is -0.602. The van der Waals surface area contributed by atoms with E-state index in [0.717, 1.165) is 11.1 Å². The Balaban J connectivity index is 1.27. The molecule has 0 aliphatic carbocycles. The van der Waals surface area contributed by atoms with Crippen LogP contribution < -0.4 is 20.3 Å². The van der Waals surface area contributed by atoms with Crippen molar-refractivity contribution in [2.75, 3.05) is 33.8 Å². The first-order chi connectivity index (χ1) is 22.7. The van der Waals surface area contributed by atoms with E-state index in [2.05, 4.69) is 10.3 Å². The number of likely N-dealkylation sites (N-methyl/N-ethyl adjacent to an activating group) is 1. The molecule has 2 aromatic heterocycles. The summed E-state index contributed by atoms with van der Waals surface area (Å²) in [4.78, 5) is 60.5. The van der Waals surface area contributed by atoms with Crippen LogP contribution in [-0.2, 0) is 27.4 Å². The van der Waals surface area contributed by atoms with E-state index in [1.165, 1.54) is 15.5 Å². The number of hydrogen-bond acceptors (Lipinski definition) is 8. The first-order valence-corrected chi connectivity index (χ1v) is 15.6. The Bertz CT molecular complexity index is 1890. The largest absolute Gasteiger partial charge is 0.493 e. The Labute approximate surface area is 271 Å². The monoisotopic (exact) mass is 639 g/mol. The van der Waals surface area contributed by atoms with Crippen molar-refractivity contribution < 1.29 is 28.6 Å². The zero-order valence-electron chi connectivity index (χ0n) is 26.6. The van der Waals surface area contributed by atoms with Crippen molar-refractivity contribution in [2.24, 2.45) is 0 Å². The van der Waals surface area contributed by atoms with Crippen LogP contribution in [0.1, 0.15) is 40.0 Å². The molecule has 2 atom stereocenters. The molecule has 5 heterocycles. The molecule has 0 unspecified atom stereocenters. The van der Waals surface area contributed by atoms with Crippen LogP contribution in [0.4, 0.5) is 0 Å². The zero-order valence-corrected chi connectivity index (χ0v) is 26.6. The number of piperidine rings is 1. The number of carbonyl (C=O) groups is 3. The smallest absolute Gasteiger partial charge is 0.270 e. The second kappa shape index (κ2) is 13.6. The van der Waals surface area contributed by atoms with Gasteiger partial charge in [0.2, 0.25) is 11.8 Å². The van der Waals surface area contributed by atoms with E-state index in [4.69, 9.17) is 14.2 Å². The summed E-state index contributed by atoms with van der Waals surface area (Å²) in [7, 11) is 3.16. The number of nitrogens with one attached hydrogen (secondary N) is 1. The molecular formula is C35H37N5O7. The van der Waals surface area contributed by atoms with Gasteiger partial charge in [0.25, 0.3) is 11.5 Å². The quantitative estimate of drug-likeness (QED) is 0.354. The summed E-state index contributed by atoms with van der Waals surface area (Å²) in [6.07, 6.45) is 1.79. The number of likely N-dealkylation sites (tertiary alicyclic amines) is 1. The van der Waals surface area contributed by atoms with Crippen LogP contribution in [0.3, 0.4) is 0 Å². The predicted molar refractivity (Wildman–Crippen MR) is 173 cm³/mol. The lowest BCUT2D eigenvalue weighted by Crippen LogP contribution is -2.57. The summed E-state index contributed by atoms with van der Waals surface area (Å²) in [6, 6.07) is 17.9. The second-order valence-electron chi connectivity index (χ2n) is 11.9. The van der Waals surface area contributed by atoms with Crippen LogP contribution in [0.5, 0.6) is 17.2 Å². The third-order valence-corrected chi connectivity index (χ3v) is 8.60. The highest BCUT2D eigenvalue weighted by molar-refractivity contribution is 5.94. The average molecular weight is 640 g/mol. The van der Waals surface area contributed by atoms with Gasteiger partial charge in [-0.25, -0.2) is 4.98 Å². The van der Waals surface area contributed by atoms with Crippen LogP contribution in [-0.4, -0.2) is 82.8 Å². The molecule has 3 amide bonds. The van der Waals surface area contributed by atoms with E-state index < -0.39 is 23.6 Å². The molecule has 12 heteroatoms. The maximum atomic E-state index is 13.7. The van der Waals surface area contributed by atoms with Crippen molar-refractivity contribution in [1.29, 1.82) is 0 Å². The molecule has 1 fully saturated rings. The minimum Gasteiger partial charge on any atom is -0.493 e. The lowest BCUT2D eigenvalue weighted by Gasteiger charge is -2.38. The summed E-state index contributed by atoms with van der Waals surface area (Å²) < 4.78 is 19.5. The molecule has 0 spiro atoms. The van der Waals surface area contributed by atoms with Gasteiger partial charge in [-0.15, -0.1) is 0 Å². The lowest BCUT2D eigenvalue weighted by molar-refractivity contribution is -0.135. The van der Waals surface area contributed by atoms with Gasteiger partial charge >= 0.3 is 0 Å². The number of fused-ring (bicyclic) bond motifs is 10. The molecule has 1 N–H and O–H groups in total. The average Bonchev–Trinajstić information content (AvgIpc) is 3.06. The summed E-state index contributed by atoms with van der Waals surface area (Å²) >= 11 is 0. The highest BCUT2D eigenvalue weighted by atomic mass is 16.5. The van der Waals surface area contributed by atoms with Crippen LogP contribution in [0, 0.1) is 6.92 Å². The van der Waals surface area contributed by atoms with E-state index in [1.54, 1.807) is 44.2 Å². The highest BCUT2D eigenvalue weighted by Gasteiger charge is 2.35. The van der Waals surface area contributed by atoms with Gasteiger partial charge < -0.3 is 29.3 Å². The van der Waals surface area contributed by atoms with E-state index in [1.807, 2.05) is 42.5 Å². The van der Waals surface area contributed by atoms with Crippen molar-refractivity contribution in [3.63, 3.8) is 0 Å². The fourth-order valence-corrected chi connectivity index (χ4v) is 6.01. The fourth-order valence-electron chi connectivity index (χ4n) is 6.01. The first kappa shape index (κ1) is 31.7. The fraction of sp³-hybridized carbons (Fsp3) is 0.343. The molecule has 47 heavy (non-hydrogen) atoms. The number of aryl methyl sites for hydroxylation is 2. The van der Waals surface area contributed by atoms with Crippen LogP contribution in [0.25, 0.3) is 5.65 Å². The molecule has 3 aliphatic heterocycles. The molecule has 2 aromatic carbocycles. The molecular weight excluding hydrogens is 602 g/mol. The number of hydrogen-bond donors (Lipinski definition) is 1. The third kappa shape index (κ3) is 6.97. The van der Waals surface area contributed by atoms with E-state index in [9.17, 15) is 19.2 Å². The van der Waals surface area contributed by atoms with Crippen molar-refractivity contribution in [1.82, 2.24) is 24.5 Å². The van der Waals surface area contributed by atoms with Crippen molar-refractivity contribution >= 4 is 23.4 Å². The predicted octanol–water partition coefficient (Wildman–Crippen LogP) is 3.12. The van der Waals surface area contributed by atoms with Gasteiger partial charge in [-0.1, -0.05) is 24.3 Å². The third-order valence-electron chi connectivity index (χ3n) is 8.60. The van der Waals surface area contributed by atoms with Gasteiger partial charge in [-0.3, -0.25) is 23.6 Å². The molecule has 1 saturated heterocycles. The molecule has 4 aromatic rings. The Morgan fingerprint density at radius 3 is 2.68 bits per heavy atom. The Kier molecular flexibility index (Phi) is 9.21. The van der Waals surface area contributed by atoms with Gasteiger partial charge in [0.05, 0.1) is 32.4 Å². The second-order valence-corrected chi connectivity index (χ2v) is 11.9. The number of amides is 3. The molecule has 7 rings (SSSR count). The van der Waals surface area contributed by atoms with Crippen molar-refractivity contribution in [3.8, 4) is 17.2 Å². The summed E-state index contributed by atoms with van der Waals surface area (Å²) in [5, 5.41) is 3.03. The molecule has 4 bridgehead atoms.